The number of guanidine groups is 1. The fourth-order valence-corrected chi connectivity index (χ4v) is 3.15. The maximum absolute atomic E-state index is 6.05. The third-order valence-electron chi connectivity index (χ3n) is 4.82. The molecule has 1 saturated heterocycles. The maximum atomic E-state index is 6.05. The van der Waals surface area contributed by atoms with Crippen LogP contribution in [-0.2, 0) is 11.3 Å². The van der Waals surface area contributed by atoms with Gasteiger partial charge in [-0.05, 0) is 18.2 Å². The lowest BCUT2D eigenvalue weighted by molar-refractivity contribution is 0.0322. The molecule has 0 unspecified atom stereocenters. The highest BCUT2D eigenvalue weighted by atomic mass is 16.5. The number of hydrogen-bond acceptors (Lipinski definition) is 5. The summed E-state index contributed by atoms with van der Waals surface area (Å²) in [6.07, 6.45) is 0. The molecule has 0 amide bonds. The SMILES string of the molecule is CN=C(NCCOc1ccccc1)NCc1ccccc1OCCN1CCOCC1. The number of nitrogens with one attached hydrogen (secondary N) is 2. The van der Waals surface area contributed by atoms with E-state index in [2.05, 4.69) is 26.6 Å². The highest BCUT2D eigenvalue weighted by molar-refractivity contribution is 5.79. The monoisotopic (exact) mass is 412 g/mol. The molecule has 0 aliphatic carbocycles. The van der Waals surface area contributed by atoms with E-state index in [9.17, 15) is 0 Å². The number of para-hydroxylation sites is 2. The second-order valence-corrected chi connectivity index (χ2v) is 6.92. The molecule has 7 heteroatoms. The van der Waals surface area contributed by atoms with Gasteiger partial charge in [0.1, 0.15) is 24.7 Å². The zero-order valence-electron chi connectivity index (χ0n) is 17.7. The Hall–Kier alpha value is -2.77. The topological polar surface area (TPSA) is 67.4 Å². The minimum absolute atomic E-state index is 0.561. The molecule has 1 aliphatic rings. The second kappa shape index (κ2) is 12.7. The number of benzene rings is 2. The van der Waals surface area contributed by atoms with Crippen LogP contribution in [0, 0.1) is 0 Å². The van der Waals surface area contributed by atoms with Gasteiger partial charge in [0.25, 0.3) is 0 Å². The average molecular weight is 413 g/mol. The van der Waals surface area contributed by atoms with Gasteiger partial charge in [-0.25, -0.2) is 0 Å². The molecule has 0 bridgehead atoms. The molecule has 2 aromatic carbocycles. The molecule has 3 rings (SSSR count). The molecule has 30 heavy (non-hydrogen) atoms. The largest absolute Gasteiger partial charge is 0.492 e. The lowest BCUT2D eigenvalue weighted by atomic mass is 10.2. The molecule has 162 valence electrons. The second-order valence-electron chi connectivity index (χ2n) is 6.92. The Morgan fingerprint density at radius 1 is 0.967 bits per heavy atom. The van der Waals surface area contributed by atoms with Crippen LogP contribution < -0.4 is 20.1 Å². The van der Waals surface area contributed by atoms with Gasteiger partial charge in [0, 0.05) is 38.8 Å². The number of rotatable bonds is 10. The van der Waals surface area contributed by atoms with Crippen LogP contribution in [0.25, 0.3) is 0 Å². The minimum Gasteiger partial charge on any atom is -0.492 e. The van der Waals surface area contributed by atoms with Crippen LogP contribution in [0.5, 0.6) is 11.5 Å². The molecule has 0 spiro atoms. The Labute approximate surface area is 179 Å². The van der Waals surface area contributed by atoms with Gasteiger partial charge < -0.3 is 24.8 Å². The van der Waals surface area contributed by atoms with Crippen molar-refractivity contribution in [2.45, 2.75) is 6.54 Å². The molecule has 0 atom stereocenters. The first-order chi connectivity index (χ1) is 14.8. The molecule has 0 radical (unpaired) electrons. The van der Waals surface area contributed by atoms with Crippen LogP contribution in [0.1, 0.15) is 5.56 Å². The van der Waals surface area contributed by atoms with Crippen molar-refractivity contribution >= 4 is 5.96 Å². The average Bonchev–Trinajstić information content (AvgIpc) is 2.81. The molecule has 2 N–H and O–H groups in total. The van der Waals surface area contributed by atoms with Crippen molar-refractivity contribution in [3.05, 3.63) is 60.2 Å². The lowest BCUT2D eigenvalue weighted by Crippen LogP contribution is -2.39. The van der Waals surface area contributed by atoms with Crippen LogP contribution in [-0.4, -0.2) is 70.5 Å². The molecule has 0 aromatic heterocycles. The van der Waals surface area contributed by atoms with Crippen molar-refractivity contribution in [2.75, 3.05) is 59.7 Å². The summed E-state index contributed by atoms with van der Waals surface area (Å²) in [7, 11) is 1.76. The molecule has 0 saturated carbocycles. The zero-order valence-corrected chi connectivity index (χ0v) is 17.7. The Balaban J connectivity index is 1.39. The summed E-state index contributed by atoms with van der Waals surface area (Å²) in [5.74, 6) is 2.50. The van der Waals surface area contributed by atoms with E-state index < -0.39 is 0 Å². The summed E-state index contributed by atoms with van der Waals surface area (Å²) in [6.45, 7) is 7.00. The number of morpholine rings is 1. The van der Waals surface area contributed by atoms with Gasteiger partial charge in [-0.2, -0.15) is 0 Å². The van der Waals surface area contributed by atoms with E-state index in [0.29, 0.717) is 26.3 Å². The predicted octanol–water partition coefficient (Wildman–Crippen LogP) is 2.14. The smallest absolute Gasteiger partial charge is 0.191 e. The number of ether oxygens (including phenoxy) is 3. The molecular weight excluding hydrogens is 380 g/mol. The highest BCUT2D eigenvalue weighted by Gasteiger charge is 2.10. The molecule has 7 nitrogen and oxygen atoms in total. The van der Waals surface area contributed by atoms with E-state index in [1.54, 1.807) is 7.05 Å². The summed E-state index contributed by atoms with van der Waals surface area (Å²) < 4.78 is 17.1. The molecule has 2 aromatic rings. The summed E-state index contributed by atoms with van der Waals surface area (Å²) in [4.78, 5) is 6.65. The van der Waals surface area contributed by atoms with E-state index in [0.717, 1.165) is 55.9 Å². The highest BCUT2D eigenvalue weighted by Crippen LogP contribution is 2.17. The molecule has 1 fully saturated rings. The summed E-state index contributed by atoms with van der Waals surface area (Å²) in [5.41, 5.74) is 1.10. The third kappa shape index (κ3) is 7.57. The maximum Gasteiger partial charge on any atom is 0.191 e. The molecule has 1 heterocycles. The van der Waals surface area contributed by atoms with Crippen molar-refractivity contribution in [3.63, 3.8) is 0 Å². The van der Waals surface area contributed by atoms with Crippen LogP contribution in [0.15, 0.2) is 59.6 Å². The van der Waals surface area contributed by atoms with Gasteiger partial charge in [0.2, 0.25) is 0 Å². The fraction of sp³-hybridized carbons (Fsp3) is 0.435. The normalized spacial score (nSPS) is 14.9. The summed E-state index contributed by atoms with van der Waals surface area (Å²) >= 11 is 0. The molecular formula is C23H32N4O3. The van der Waals surface area contributed by atoms with E-state index in [1.165, 1.54) is 0 Å². The van der Waals surface area contributed by atoms with E-state index in [1.807, 2.05) is 48.5 Å². The van der Waals surface area contributed by atoms with E-state index in [-0.39, 0.29) is 0 Å². The van der Waals surface area contributed by atoms with Gasteiger partial charge >= 0.3 is 0 Å². The first-order valence-electron chi connectivity index (χ1n) is 10.5. The minimum atomic E-state index is 0.561. The van der Waals surface area contributed by atoms with Crippen LogP contribution in [0.4, 0.5) is 0 Å². The van der Waals surface area contributed by atoms with Gasteiger partial charge in [-0.1, -0.05) is 36.4 Å². The molecule has 1 aliphatic heterocycles. The number of nitrogens with zero attached hydrogens (tertiary/aromatic N) is 2. The Morgan fingerprint density at radius 2 is 1.73 bits per heavy atom. The van der Waals surface area contributed by atoms with E-state index >= 15 is 0 Å². The Kier molecular flexibility index (Phi) is 9.30. The van der Waals surface area contributed by atoms with Gasteiger partial charge in [-0.3, -0.25) is 9.89 Å². The Morgan fingerprint density at radius 3 is 2.53 bits per heavy atom. The van der Waals surface area contributed by atoms with Crippen molar-refractivity contribution in [2.24, 2.45) is 4.99 Å². The van der Waals surface area contributed by atoms with Crippen molar-refractivity contribution < 1.29 is 14.2 Å². The standard InChI is InChI=1S/C23H32N4O3/c1-24-23(25-11-15-29-21-8-3-2-4-9-21)26-19-20-7-5-6-10-22(20)30-18-14-27-12-16-28-17-13-27/h2-10H,11-19H2,1H3,(H2,24,25,26). The van der Waals surface area contributed by atoms with E-state index in [4.69, 9.17) is 14.2 Å². The lowest BCUT2D eigenvalue weighted by Gasteiger charge is -2.26. The number of aliphatic imine (C=N–C) groups is 1. The van der Waals surface area contributed by atoms with Crippen LogP contribution in [0.2, 0.25) is 0 Å². The quantitative estimate of drug-likeness (QED) is 0.354. The number of hydrogen-bond donors (Lipinski definition) is 2. The van der Waals surface area contributed by atoms with Crippen molar-refractivity contribution in [1.29, 1.82) is 0 Å². The zero-order chi connectivity index (χ0) is 20.9. The van der Waals surface area contributed by atoms with Gasteiger partial charge in [-0.15, -0.1) is 0 Å². The van der Waals surface area contributed by atoms with Crippen LogP contribution in [0.3, 0.4) is 0 Å². The van der Waals surface area contributed by atoms with Crippen molar-refractivity contribution in [1.82, 2.24) is 15.5 Å². The summed E-state index contributed by atoms with van der Waals surface area (Å²) in [5, 5.41) is 6.61. The first kappa shape index (κ1) is 21.9. The van der Waals surface area contributed by atoms with Crippen molar-refractivity contribution in [3.8, 4) is 11.5 Å². The third-order valence-corrected chi connectivity index (χ3v) is 4.82. The van der Waals surface area contributed by atoms with Crippen LogP contribution >= 0.6 is 0 Å². The van der Waals surface area contributed by atoms with Gasteiger partial charge in [0.15, 0.2) is 5.96 Å². The van der Waals surface area contributed by atoms with Gasteiger partial charge in [0.05, 0.1) is 19.8 Å². The summed E-state index contributed by atoms with van der Waals surface area (Å²) in [6, 6.07) is 17.9. The Bertz CT molecular complexity index is 764. The predicted molar refractivity (Wildman–Crippen MR) is 119 cm³/mol. The first-order valence-corrected chi connectivity index (χ1v) is 10.5. The fourth-order valence-electron chi connectivity index (χ4n) is 3.15.